The molecule has 0 spiro atoms. The van der Waals surface area contributed by atoms with Gasteiger partial charge in [0.25, 0.3) is 0 Å². The van der Waals surface area contributed by atoms with Crippen LogP contribution < -0.4 is 0 Å². The topological polar surface area (TPSA) is 80.4 Å². The fraction of sp³-hybridized carbons (Fsp3) is 0.500. The quantitative estimate of drug-likeness (QED) is 0.876. The Bertz CT molecular complexity index is 611. The van der Waals surface area contributed by atoms with Crippen molar-refractivity contribution in [1.82, 2.24) is 15.0 Å². The Morgan fingerprint density at radius 2 is 2.09 bits per heavy atom. The second kappa shape index (κ2) is 6.56. The van der Waals surface area contributed by atoms with Crippen LogP contribution in [0.3, 0.4) is 0 Å². The van der Waals surface area contributed by atoms with Gasteiger partial charge in [-0.25, -0.2) is 4.68 Å². The number of aliphatic hydroxyl groups is 2. The summed E-state index contributed by atoms with van der Waals surface area (Å²) in [6, 6.07) is 8.30. The molecule has 6 nitrogen and oxygen atoms in total. The Hall–Kier alpha value is -1.76. The van der Waals surface area contributed by atoms with Gasteiger partial charge in [-0.15, -0.1) is 5.10 Å². The van der Waals surface area contributed by atoms with Crippen molar-refractivity contribution < 1.29 is 14.9 Å². The van der Waals surface area contributed by atoms with Crippen molar-refractivity contribution in [3.63, 3.8) is 0 Å². The molecule has 0 bridgehead atoms. The maximum Gasteiger partial charge on any atom is 0.155 e. The van der Waals surface area contributed by atoms with Crippen LogP contribution >= 0.6 is 0 Å². The van der Waals surface area contributed by atoms with Crippen molar-refractivity contribution in [2.75, 3.05) is 6.61 Å². The van der Waals surface area contributed by atoms with Crippen LogP contribution in [0.5, 0.6) is 0 Å². The average Bonchev–Trinajstić information content (AvgIpc) is 3.15. The summed E-state index contributed by atoms with van der Waals surface area (Å²) in [5.74, 6) is 0. The Morgan fingerprint density at radius 3 is 2.73 bits per heavy atom. The van der Waals surface area contributed by atoms with E-state index in [-0.39, 0.29) is 12.8 Å². The molecule has 3 atom stereocenters. The average molecular weight is 303 g/mol. The Labute approximate surface area is 129 Å². The van der Waals surface area contributed by atoms with E-state index < -0.39 is 12.2 Å². The second-order valence-electron chi connectivity index (χ2n) is 5.65. The van der Waals surface area contributed by atoms with E-state index in [4.69, 9.17) is 9.84 Å². The SMILES string of the molecule is CCCc1ccc(-c2cn([C@@H]3C[C@H](O)[C@@H](CO)O3)nn2)cc1. The number of aliphatic hydroxyl groups excluding tert-OH is 2. The molecule has 118 valence electrons. The maximum atomic E-state index is 9.78. The van der Waals surface area contributed by atoms with Crippen LogP contribution in [-0.2, 0) is 11.2 Å². The summed E-state index contributed by atoms with van der Waals surface area (Å²) >= 11 is 0. The molecule has 3 rings (SSSR count). The zero-order valence-electron chi connectivity index (χ0n) is 12.6. The first-order valence-electron chi connectivity index (χ1n) is 7.66. The lowest BCUT2D eigenvalue weighted by atomic mass is 10.1. The van der Waals surface area contributed by atoms with Gasteiger partial charge in [0.2, 0.25) is 0 Å². The molecule has 6 heteroatoms. The van der Waals surface area contributed by atoms with Crippen LogP contribution in [0, 0.1) is 0 Å². The van der Waals surface area contributed by atoms with Gasteiger partial charge >= 0.3 is 0 Å². The van der Waals surface area contributed by atoms with Crippen molar-refractivity contribution in [2.45, 2.75) is 44.6 Å². The first-order chi connectivity index (χ1) is 10.7. The Balaban J connectivity index is 1.73. The largest absolute Gasteiger partial charge is 0.394 e. The third-order valence-electron chi connectivity index (χ3n) is 3.98. The van der Waals surface area contributed by atoms with Crippen molar-refractivity contribution in [3.8, 4) is 11.3 Å². The van der Waals surface area contributed by atoms with E-state index in [1.54, 1.807) is 4.68 Å². The van der Waals surface area contributed by atoms with Crippen LogP contribution in [0.2, 0.25) is 0 Å². The molecule has 1 aromatic carbocycles. The molecule has 1 saturated heterocycles. The molecule has 1 fully saturated rings. The van der Waals surface area contributed by atoms with Crippen molar-refractivity contribution in [2.24, 2.45) is 0 Å². The fourth-order valence-corrected chi connectivity index (χ4v) is 2.72. The van der Waals surface area contributed by atoms with Crippen LogP contribution in [-0.4, -0.2) is 44.0 Å². The summed E-state index contributed by atoms with van der Waals surface area (Å²) in [6.07, 6.45) is 2.82. The molecule has 1 aliphatic heterocycles. The molecular weight excluding hydrogens is 282 g/mol. The number of benzene rings is 1. The van der Waals surface area contributed by atoms with E-state index >= 15 is 0 Å². The summed E-state index contributed by atoms with van der Waals surface area (Å²) in [7, 11) is 0. The second-order valence-corrected chi connectivity index (χ2v) is 5.65. The van der Waals surface area contributed by atoms with Crippen LogP contribution in [0.1, 0.15) is 31.6 Å². The van der Waals surface area contributed by atoms with Gasteiger partial charge in [0.1, 0.15) is 11.8 Å². The van der Waals surface area contributed by atoms with Crippen LogP contribution in [0.15, 0.2) is 30.5 Å². The summed E-state index contributed by atoms with van der Waals surface area (Å²) < 4.78 is 7.17. The lowest BCUT2D eigenvalue weighted by molar-refractivity contribution is -0.0489. The van der Waals surface area contributed by atoms with Gasteiger partial charge in [-0.1, -0.05) is 42.8 Å². The van der Waals surface area contributed by atoms with Crippen LogP contribution in [0.25, 0.3) is 11.3 Å². The molecule has 0 aliphatic carbocycles. The number of nitrogens with zero attached hydrogens (tertiary/aromatic N) is 3. The highest BCUT2D eigenvalue weighted by atomic mass is 16.5. The van der Waals surface area contributed by atoms with Crippen molar-refractivity contribution in [1.29, 1.82) is 0 Å². The van der Waals surface area contributed by atoms with E-state index in [1.165, 1.54) is 5.56 Å². The highest BCUT2D eigenvalue weighted by Gasteiger charge is 2.35. The van der Waals surface area contributed by atoms with E-state index in [2.05, 4.69) is 29.4 Å². The number of ether oxygens (including phenoxy) is 1. The molecular formula is C16H21N3O3. The zero-order chi connectivity index (χ0) is 15.5. The lowest BCUT2D eigenvalue weighted by Crippen LogP contribution is -2.24. The molecule has 0 amide bonds. The molecule has 22 heavy (non-hydrogen) atoms. The normalized spacial score (nSPS) is 24.8. The van der Waals surface area contributed by atoms with E-state index in [1.807, 2.05) is 18.3 Å². The van der Waals surface area contributed by atoms with Crippen molar-refractivity contribution in [3.05, 3.63) is 36.0 Å². The molecule has 0 saturated carbocycles. The molecule has 2 heterocycles. The molecule has 0 radical (unpaired) electrons. The minimum atomic E-state index is -0.670. The molecule has 1 aromatic heterocycles. The van der Waals surface area contributed by atoms with Gasteiger partial charge in [-0.3, -0.25) is 0 Å². The standard InChI is InChI=1S/C16H21N3O3/c1-2-3-11-4-6-12(7-5-11)13-9-19(18-17-13)16-8-14(21)15(10-20)22-16/h4-7,9,14-16,20-21H,2-3,8,10H2,1H3/t14-,15+,16-/m0/s1. The summed E-state index contributed by atoms with van der Waals surface area (Å²) in [4.78, 5) is 0. The van der Waals surface area contributed by atoms with Gasteiger partial charge in [0.05, 0.1) is 18.9 Å². The van der Waals surface area contributed by atoms with E-state index in [9.17, 15) is 5.11 Å². The predicted molar refractivity (Wildman–Crippen MR) is 81.1 cm³/mol. The highest BCUT2D eigenvalue weighted by molar-refractivity contribution is 5.57. The van der Waals surface area contributed by atoms with Crippen molar-refractivity contribution >= 4 is 0 Å². The number of hydrogen-bond donors (Lipinski definition) is 2. The monoisotopic (exact) mass is 303 g/mol. The number of aryl methyl sites for hydroxylation is 1. The first kappa shape index (κ1) is 15.1. The third-order valence-corrected chi connectivity index (χ3v) is 3.98. The predicted octanol–water partition coefficient (Wildman–Crippen LogP) is 1.54. The summed E-state index contributed by atoms with van der Waals surface area (Å²) in [6.45, 7) is 1.97. The Kier molecular flexibility index (Phi) is 4.52. The number of aromatic nitrogens is 3. The van der Waals surface area contributed by atoms with Gasteiger partial charge in [0, 0.05) is 12.0 Å². The molecule has 2 N–H and O–H groups in total. The number of rotatable bonds is 5. The minimum Gasteiger partial charge on any atom is -0.394 e. The van der Waals surface area contributed by atoms with Crippen LogP contribution in [0.4, 0.5) is 0 Å². The van der Waals surface area contributed by atoms with Gasteiger partial charge in [-0.2, -0.15) is 0 Å². The lowest BCUT2D eigenvalue weighted by Gasteiger charge is -2.11. The zero-order valence-corrected chi connectivity index (χ0v) is 12.6. The number of hydrogen-bond acceptors (Lipinski definition) is 5. The minimum absolute atomic E-state index is 0.196. The van der Waals surface area contributed by atoms with E-state index in [0.29, 0.717) is 6.42 Å². The third kappa shape index (κ3) is 3.04. The molecule has 1 aliphatic rings. The maximum absolute atomic E-state index is 9.78. The summed E-state index contributed by atoms with van der Waals surface area (Å²) in [5, 5.41) is 27.2. The smallest absolute Gasteiger partial charge is 0.155 e. The van der Waals surface area contributed by atoms with E-state index in [0.717, 1.165) is 24.1 Å². The van der Waals surface area contributed by atoms with Gasteiger partial charge in [0.15, 0.2) is 6.23 Å². The highest BCUT2D eigenvalue weighted by Crippen LogP contribution is 2.29. The summed E-state index contributed by atoms with van der Waals surface area (Å²) in [5.41, 5.74) is 3.09. The fourth-order valence-electron chi connectivity index (χ4n) is 2.72. The Morgan fingerprint density at radius 1 is 1.32 bits per heavy atom. The van der Waals surface area contributed by atoms with Gasteiger partial charge < -0.3 is 14.9 Å². The first-order valence-corrected chi connectivity index (χ1v) is 7.66. The molecule has 2 aromatic rings. The van der Waals surface area contributed by atoms with Gasteiger partial charge in [-0.05, 0) is 12.0 Å². The molecule has 0 unspecified atom stereocenters.